The van der Waals surface area contributed by atoms with Crippen LogP contribution in [0.4, 0.5) is 0 Å². The molecule has 17 heavy (non-hydrogen) atoms. The number of hydrogen-bond donors (Lipinski definition) is 2. The molecule has 0 aliphatic heterocycles. The molecule has 0 aliphatic rings. The maximum atomic E-state index is 11.3. The van der Waals surface area contributed by atoms with Gasteiger partial charge in [0.05, 0.1) is 0 Å². The van der Waals surface area contributed by atoms with Crippen LogP contribution in [0.2, 0.25) is 0 Å². The van der Waals surface area contributed by atoms with Crippen molar-refractivity contribution >= 4 is 11.9 Å². The maximum Gasteiger partial charge on any atom is 1.00 e. The minimum absolute atomic E-state index is 0. The molecule has 0 spiro atoms. The van der Waals surface area contributed by atoms with E-state index >= 15 is 0 Å². The first-order chi connectivity index (χ1) is 7.55. The fourth-order valence-electron chi connectivity index (χ4n) is 1.79. The maximum absolute atomic E-state index is 11.3. The summed E-state index contributed by atoms with van der Waals surface area (Å²) in [5.41, 5.74) is -1.51. The van der Waals surface area contributed by atoms with Crippen LogP contribution >= 0.6 is 0 Å². The summed E-state index contributed by atoms with van der Waals surface area (Å²) in [7, 11) is 0. The molecule has 5 heteroatoms. The van der Waals surface area contributed by atoms with E-state index in [1.165, 1.54) is 12.1 Å². The summed E-state index contributed by atoms with van der Waals surface area (Å²) in [6.45, 7) is 1.77. The first kappa shape index (κ1) is 16.8. The Morgan fingerprint density at radius 2 is 1.65 bits per heavy atom. The zero-order valence-corrected chi connectivity index (χ0v) is 13.1. The van der Waals surface area contributed by atoms with Crippen molar-refractivity contribution in [1.29, 1.82) is 0 Å². The average Bonchev–Trinajstić information content (AvgIpc) is 2.26. The monoisotopic (exact) mass is 262 g/mol. The van der Waals surface area contributed by atoms with Gasteiger partial charge in [-0.15, -0.1) is 0 Å². The van der Waals surface area contributed by atoms with Gasteiger partial charge in [0.1, 0.15) is 0 Å². The molecule has 0 amide bonds. The van der Waals surface area contributed by atoms with E-state index in [1.54, 1.807) is 25.1 Å². The number of carbonyl (C=O) groups is 2. The Kier molecular flexibility index (Phi) is 7.19. The van der Waals surface area contributed by atoms with E-state index in [-0.39, 0.29) is 59.2 Å². The minimum atomic E-state index is -1.82. The molecule has 4 nitrogen and oxygen atoms in total. The van der Waals surface area contributed by atoms with Crippen molar-refractivity contribution in [2.24, 2.45) is 0 Å². The molecule has 0 radical (unpaired) electrons. The van der Waals surface area contributed by atoms with Crippen LogP contribution < -0.4 is 51.4 Å². The van der Waals surface area contributed by atoms with Crippen molar-refractivity contribution in [1.82, 2.24) is 0 Å². The molecule has 0 bridgehead atoms. The second-order valence-electron chi connectivity index (χ2n) is 3.63. The molecule has 0 saturated carbocycles. The van der Waals surface area contributed by atoms with E-state index in [4.69, 9.17) is 0 Å². The number of benzene rings is 1. The molecule has 0 unspecified atom stereocenters. The molecule has 1 rings (SSSR count). The first-order valence-corrected chi connectivity index (χ1v) is 5.08. The van der Waals surface area contributed by atoms with E-state index in [0.29, 0.717) is 12.0 Å². The smallest absolute Gasteiger partial charge is 1.00 e. The third-order valence-corrected chi connectivity index (χ3v) is 2.62. The third kappa shape index (κ3) is 3.39. The van der Waals surface area contributed by atoms with Crippen LogP contribution in [0.15, 0.2) is 30.3 Å². The normalized spacial score (nSPS) is 10.4. The molecule has 88 valence electrons. The summed E-state index contributed by atoms with van der Waals surface area (Å²) in [4.78, 5) is 22.5. The molecule has 0 fully saturated rings. The van der Waals surface area contributed by atoms with Gasteiger partial charge >= 0.3 is 63.3 Å². The third-order valence-electron chi connectivity index (χ3n) is 2.62. The second kappa shape index (κ2) is 7.28. The van der Waals surface area contributed by atoms with Gasteiger partial charge in [-0.1, -0.05) is 43.7 Å². The van der Waals surface area contributed by atoms with E-state index in [2.05, 4.69) is 0 Å². The number of hydrogen-bond acceptors (Lipinski definition) is 2. The van der Waals surface area contributed by atoms with Crippen LogP contribution in [0.1, 0.15) is 26.8 Å². The number of aliphatic carboxylic acids is 2. The van der Waals surface area contributed by atoms with Gasteiger partial charge in [0, 0.05) is 0 Å². The summed E-state index contributed by atoms with van der Waals surface area (Å²) in [5.74, 6) is -2.62. The van der Waals surface area contributed by atoms with Crippen LogP contribution in [0, 0.1) is 0 Å². The van der Waals surface area contributed by atoms with Gasteiger partial charge in [0.25, 0.3) is 0 Å². The second-order valence-corrected chi connectivity index (χ2v) is 3.63. The van der Waals surface area contributed by atoms with Crippen LogP contribution in [0.5, 0.6) is 0 Å². The molecular formula is C12H15KO4. The zero-order chi connectivity index (χ0) is 12.2. The Hall–Kier alpha value is -0.204. The molecule has 0 aromatic heterocycles. The predicted molar refractivity (Wildman–Crippen MR) is 59.4 cm³/mol. The zero-order valence-electron chi connectivity index (χ0n) is 11.0. The quantitative estimate of drug-likeness (QED) is 0.528. The van der Waals surface area contributed by atoms with Gasteiger partial charge < -0.3 is 11.6 Å². The summed E-state index contributed by atoms with van der Waals surface area (Å²) in [5, 5.41) is 18.4. The van der Waals surface area contributed by atoms with Crippen molar-refractivity contribution in [3.05, 3.63) is 35.9 Å². The Balaban J connectivity index is 0. The summed E-state index contributed by atoms with van der Waals surface area (Å²) < 4.78 is 0. The molecule has 2 N–H and O–H groups in total. The Morgan fingerprint density at radius 3 is 2.00 bits per heavy atom. The molecule has 1 aromatic carbocycles. The van der Waals surface area contributed by atoms with Crippen LogP contribution in [-0.4, -0.2) is 22.2 Å². The molecule has 0 aliphatic carbocycles. The average molecular weight is 262 g/mol. The molecule has 0 saturated heterocycles. The van der Waals surface area contributed by atoms with Crippen molar-refractivity contribution < 1.29 is 72.6 Å². The Labute approximate surface area is 144 Å². The van der Waals surface area contributed by atoms with Crippen LogP contribution in [0.25, 0.3) is 0 Å². The molecule has 0 heterocycles. The number of carboxylic acids is 2. The SMILES string of the molecule is CCCC(C(=O)O)(C(=O)O)c1ccccc1.[H-].[K+]. The molecule has 1 aromatic rings. The van der Waals surface area contributed by atoms with Crippen LogP contribution in [-0.2, 0) is 15.0 Å². The van der Waals surface area contributed by atoms with Gasteiger partial charge in [-0.25, -0.2) is 0 Å². The van der Waals surface area contributed by atoms with E-state index < -0.39 is 17.4 Å². The largest absolute Gasteiger partial charge is 1.00 e. The van der Waals surface area contributed by atoms with E-state index in [0.717, 1.165) is 0 Å². The predicted octanol–water partition coefficient (Wildman–Crippen LogP) is -0.990. The Bertz CT molecular complexity index is 380. The van der Waals surface area contributed by atoms with Crippen LogP contribution in [0.3, 0.4) is 0 Å². The van der Waals surface area contributed by atoms with E-state index in [1.807, 2.05) is 0 Å². The molecule has 0 atom stereocenters. The number of rotatable bonds is 5. The Morgan fingerprint density at radius 1 is 1.18 bits per heavy atom. The summed E-state index contributed by atoms with van der Waals surface area (Å²) in [6, 6.07) is 8.09. The van der Waals surface area contributed by atoms with Crippen molar-refractivity contribution in [3.8, 4) is 0 Å². The minimum Gasteiger partial charge on any atom is -1.00 e. The standard InChI is InChI=1S/C12H14O4.K.H/c1-2-8-12(10(13)14,11(15)16)9-6-4-3-5-7-9;;/h3-7H,2,8H2,1H3,(H,13,14)(H,15,16);;/q;+1;-1. The fourth-order valence-corrected chi connectivity index (χ4v) is 1.79. The molecular weight excluding hydrogens is 247 g/mol. The van der Waals surface area contributed by atoms with Gasteiger partial charge in [-0.2, -0.15) is 0 Å². The van der Waals surface area contributed by atoms with Gasteiger partial charge in [-0.05, 0) is 12.0 Å². The fraction of sp³-hybridized carbons (Fsp3) is 0.333. The summed E-state index contributed by atoms with van der Waals surface area (Å²) in [6.07, 6.45) is 0.579. The first-order valence-electron chi connectivity index (χ1n) is 5.08. The number of carboxylic acid groups (broad SMARTS) is 2. The summed E-state index contributed by atoms with van der Waals surface area (Å²) >= 11 is 0. The van der Waals surface area contributed by atoms with Crippen molar-refractivity contribution in [2.45, 2.75) is 25.2 Å². The van der Waals surface area contributed by atoms with Gasteiger partial charge in [0.15, 0.2) is 5.41 Å². The van der Waals surface area contributed by atoms with Gasteiger partial charge in [-0.3, -0.25) is 9.59 Å². The topological polar surface area (TPSA) is 74.6 Å². The van der Waals surface area contributed by atoms with Gasteiger partial charge in [0.2, 0.25) is 0 Å². The van der Waals surface area contributed by atoms with E-state index in [9.17, 15) is 19.8 Å². The van der Waals surface area contributed by atoms with Crippen molar-refractivity contribution in [3.63, 3.8) is 0 Å². The van der Waals surface area contributed by atoms with Crippen molar-refractivity contribution in [2.75, 3.05) is 0 Å².